The maximum Gasteiger partial charge on any atom is 0.264 e. The molecule has 2 rings (SSSR count). The summed E-state index contributed by atoms with van der Waals surface area (Å²) in [5.74, 6) is 0.997. The van der Waals surface area contributed by atoms with Crippen molar-refractivity contribution in [2.45, 2.75) is 40.5 Å². The Balaban J connectivity index is 1.92. The van der Waals surface area contributed by atoms with E-state index in [4.69, 9.17) is 4.74 Å². The third-order valence-corrected chi connectivity index (χ3v) is 4.50. The number of carbonyl (C=O) groups is 1. The minimum absolute atomic E-state index is 0.0157. The van der Waals surface area contributed by atoms with E-state index in [0.29, 0.717) is 16.8 Å². The van der Waals surface area contributed by atoms with Crippen LogP contribution in [0.25, 0.3) is 0 Å². The van der Waals surface area contributed by atoms with Gasteiger partial charge in [-0.15, -0.1) is 11.3 Å². The Labute approximate surface area is 135 Å². The molecule has 0 unspecified atom stereocenters. The third kappa shape index (κ3) is 4.07. The van der Waals surface area contributed by atoms with E-state index in [0.717, 1.165) is 10.6 Å². The number of nitrogens with zero attached hydrogens (tertiary/aromatic N) is 1. The summed E-state index contributed by atoms with van der Waals surface area (Å²) in [6.07, 6.45) is 0. The van der Waals surface area contributed by atoms with Crippen LogP contribution in [0, 0.1) is 20.8 Å². The van der Waals surface area contributed by atoms with Gasteiger partial charge >= 0.3 is 0 Å². The van der Waals surface area contributed by atoms with Gasteiger partial charge in [-0.1, -0.05) is 19.9 Å². The summed E-state index contributed by atoms with van der Waals surface area (Å²) in [5, 5.41) is 3.38. The van der Waals surface area contributed by atoms with Crippen molar-refractivity contribution in [3.63, 3.8) is 0 Å². The second kappa shape index (κ2) is 6.92. The van der Waals surface area contributed by atoms with Crippen LogP contribution in [0.5, 0.6) is 5.75 Å². The molecule has 1 aromatic carbocycles. The molecule has 1 heterocycles. The number of rotatable bonds is 5. The van der Waals surface area contributed by atoms with Gasteiger partial charge in [-0.2, -0.15) is 0 Å². The zero-order valence-corrected chi connectivity index (χ0v) is 14.5. The van der Waals surface area contributed by atoms with Crippen molar-refractivity contribution in [1.82, 2.24) is 4.98 Å². The van der Waals surface area contributed by atoms with Crippen molar-refractivity contribution in [2.75, 3.05) is 11.9 Å². The van der Waals surface area contributed by atoms with Crippen LogP contribution in [0.2, 0.25) is 0 Å². The van der Waals surface area contributed by atoms with E-state index in [9.17, 15) is 4.79 Å². The number of hydrogen-bond acceptors (Lipinski definition) is 4. The lowest BCUT2D eigenvalue weighted by Gasteiger charge is -2.12. The lowest BCUT2D eigenvalue weighted by Crippen LogP contribution is -2.20. The summed E-state index contributed by atoms with van der Waals surface area (Å²) in [6, 6.07) is 5.94. The molecule has 1 aromatic heterocycles. The summed E-state index contributed by atoms with van der Waals surface area (Å²) < 4.78 is 5.56. The van der Waals surface area contributed by atoms with Crippen LogP contribution in [0.15, 0.2) is 18.2 Å². The second-order valence-corrected chi connectivity index (χ2v) is 6.87. The highest BCUT2D eigenvalue weighted by molar-refractivity contribution is 7.15. The molecule has 22 heavy (non-hydrogen) atoms. The van der Waals surface area contributed by atoms with E-state index >= 15 is 0 Å². The van der Waals surface area contributed by atoms with E-state index in [2.05, 4.69) is 37.1 Å². The standard InChI is InChI=1S/C17H22N2O2S/c1-10(2)15-7-6-14(8-11(15)3)21-9-16(20)19-17-18-12(4)13(5)22-17/h6-8,10H,9H2,1-5H3,(H,18,19,20). The van der Waals surface area contributed by atoms with E-state index in [-0.39, 0.29) is 12.5 Å². The van der Waals surface area contributed by atoms with Gasteiger partial charge in [0.05, 0.1) is 5.69 Å². The van der Waals surface area contributed by atoms with Crippen LogP contribution in [0.1, 0.15) is 41.5 Å². The van der Waals surface area contributed by atoms with Gasteiger partial charge in [-0.05, 0) is 49.9 Å². The molecule has 118 valence electrons. The van der Waals surface area contributed by atoms with Crippen molar-refractivity contribution in [1.29, 1.82) is 0 Å². The molecule has 2 aromatic rings. The Bertz CT molecular complexity index is 658. The third-order valence-electron chi connectivity index (χ3n) is 3.51. The average molecular weight is 318 g/mol. The molecule has 0 aliphatic carbocycles. The molecule has 0 saturated heterocycles. The predicted molar refractivity (Wildman–Crippen MR) is 91.0 cm³/mol. The van der Waals surface area contributed by atoms with Crippen LogP contribution in [-0.2, 0) is 4.79 Å². The number of anilines is 1. The molecule has 4 nitrogen and oxygen atoms in total. The minimum Gasteiger partial charge on any atom is -0.484 e. The number of hydrogen-bond donors (Lipinski definition) is 1. The molecule has 0 aliphatic rings. The number of carbonyl (C=O) groups excluding carboxylic acids is 1. The first-order valence-corrected chi connectivity index (χ1v) is 8.15. The lowest BCUT2D eigenvalue weighted by molar-refractivity contribution is -0.118. The van der Waals surface area contributed by atoms with Crippen LogP contribution in [0.4, 0.5) is 5.13 Å². The summed E-state index contributed by atoms with van der Waals surface area (Å²) in [5.41, 5.74) is 3.42. The van der Waals surface area contributed by atoms with Gasteiger partial charge in [0.1, 0.15) is 5.75 Å². The smallest absolute Gasteiger partial charge is 0.264 e. The maximum atomic E-state index is 11.9. The van der Waals surface area contributed by atoms with Crippen LogP contribution < -0.4 is 10.1 Å². The zero-order chi connectivity index (χ0) is 16.3. The molecule has 0 fully saturated rings. The Hall–Kier alpha value is -1.88. The van der Waals surface area contributed by atoms with Crippen molar-refractivity contribution >= 4 is 22.4 Å². The average Bonchev–Trinajstić information content (AvgIpc) is 2.74. The van der Waals surface area contributed by atoms with Crippen molar-refractivity contribution in [3.05, 3.63) is 39.9 Å². The predicted octanol–water partition coefficient (Wildman–Crippen LogP) is 4.21. The first-order chi connectivity index (χ1) is 10.4. The number of benzene rings is 1. The number of thiazole rings is 1. The fourth-order valence-electron chi connectivity index (χ4n) is 2.22. The maximum absolute atomic E-state index is 11.9. The van der Waals surface area contributed by atoms with Crippen LogP contribution in [0.3, 0.4) is 0 Å². The largest absolute Gasteiger partial charge is 0.484 e. The Morgan fingerprint density at radius 2 is 2.05 bits per heavy atom. The molecule has 1 N–H and O–H groups in total. The van der Waals surface area contributed by atoms with Crippen molar-refractivity contribution in [3.8, 4) is 5.75 Å². The monoisotopic (exact) mass is 318 g/mol. The molecular weight excluding hydrogens is 296 g/mol. The van der Waals surface area contributed by atoms with Gasteiger partial charge in [0.2, 0.25) is 0 Å². The highest BCUT2D eigenvalue weighted by Crippen LogP contribution is 2.24. The van der Waals surface area contributed by atoms with Gasteiger partial charge in [0.25, 0.3) is 5.91 Å². The summed E-state index contributed by atoms with van der Waals surface area (Å²) in [7, 11) is 0. The fourth-order valence-corrected chi connectivity index (χ4v) is 3.05. The summed E-state index contributed by atoms with van der Waals surface area (Å²) >= 11 is 1.47. The molecule has 0 radical (unpaired) electrons. The Morgan fingerprint density at radius 3 is 2.59 bits per heavy atom. The molecule has 0 saturated carbocycles. The van der Waals surface area contributed by atoms with E-state index in [1.54, 1.807) is 0 Å². The highest BCUT2D eigenvalue weighted by Gasteiger charge is 2.09. The fraction of sp³-hybridized carbons (Fsp3) is 0.412. The van der Waals surface area contributed by atoms with E-state index in [1.165, 1.54) is 22.5 Å². The molecule has 0 spiro atoms. The number of nitrogens with one attached hydrogen (secondary N) is 1. The molecular formula is C17H22N2O2S. The molecule has 5 heteroatoms. The van der Waals surface area contributed by atoms with Crippen molar-refractivity contribution in [2.24, 2.45) is 0 Å². The minimum atomic E-state index is -0.195. The number of aromatic nitrogens is 1. The summed E-state index contributed by atoms with van der Waals surface area (Å²) in [6.45, 7) is 10.3. The van der Waals surface area contributed by atoms with E-state index in [1.807, 2.05) is 26.0 Å². The van der Waals surface area contributed by atoms with Gasteiger partial charge < -0.3 is 4.74 Å². The number of amides is 1. The first-order valence-electron chi connectivity index (χ1n) is 7.34. The molecule has 1 amide bonds. The Kier molecular flexibility index (Phi) is 5.19. The highest BCUT2D eigenvalue weighted by atomic mass is 32.1. The number of aryl methyl sites for hydroxylation is 3. The quantitative estimate of drug-likeness (QED) is 0.898. The van der Waals surface area contributed by atoms with Gasteiger partial charge in [0.15, 0.2) is 11.7 Å². The van der Waals surface area contributed by atoms with Crippen molar-refractivity contribution < 1.29 is 9.53 Å². The molecule has 0 aliphatic heterocycles. The second-order valence-electron chi connectivity index (χ2n) is 5.67. The topological polar surface area (TPSA) is 51.2 Å². The molecule has 0 atom stereocenters. The molecule has 0 bridgehead atoms. The first kappa shape index (κ1) is 16.5. The van der Waals surface area contributed by atoms with E-state index < -0.39 is 0 Å². The normalized spacial score (nSPS) is 10.8. The zero-order valence-electron chi connectivity index (χ0n) is 13.7. The Morgan fingerprint density at radius 1 is 1.32 bits per heavy atom. The summed E-state index contributed by atoms with van der Waals surface area (Å²) in [4.78, 5) is 17.3. The van der Waals surface area contributed by atoms with Crippen LogP contribution in [-0.4, -0.2) is 17.5 Å². The van der Waals surface area contributed by atoms with Crippen LogP contribution >= 0.6 is 11.3 Å². The van der Waals surface area contributed by atoms with Gasteiger partial charge in [0, 0.05) is 4.88 Å². The SMILES string of the molecule is Cc1cc(OCC(=O)Nc2nc(C)c(C)s2)ccc1C(C)C. The van der Waals surface area contributed by atoms with Gasteiger partial charge in [-0.25, -0.2) is 4.98 Å². The lowest BCUT2D eigenvalue weighted by atomic mass is 9.98. The van der Waals surface area contributed by atoms with Gasteiger partial charge in [-0.3, -0.25) is 10.1 Å². The number of ether oxygens (including phenoxy) is 1.